The molecule has 114 valence electrons. The minimum atomic E-state index is -0.204. The lowest BCUT2D eigenvalue weighted by molar-refractivity contribution is -0.447. The highest BCUT2D eigenvalue weighted by atomic mass is 19.1. The zero-order valence-corrected chi connectivity index (χ0v) is 13.0. The Bertz CT molecular complexity index is 963. The van der Waals surface area contributed by atoms with E-state index in [2.05, 4.69) is 25.9 Å². The molecule has 0 saturated heterocycles. The van der Waals surface area contributed by atoms with E-state index in [1.807, 2.05) is 38.4 Å². The number of nitrogens with zero attached hydrogens (tertiary/aromatic N) is 3. The number of aryl methyl sites for hydroxylation is 1. The predicted octanol–water partition coefficient (Wildman–Crippen LogP) is 3.40. The minimum absolute atomic E-state index is 0.204. The summed E-state index contributed by atoms with van der Waals surface area (Å²) in [6.45, 7) is 2.72. The van der Waals surface area contributed by atoms with E-state index in [1.54, 1.807) is 6.07 Å². The number of benzene rings is 2. The zero-order valence-electron chi connectivity index (χ0n) is 13.0. The van der Waals surface area contributed by atoms with Gasteiger partial charge in [-0.05, 0) is 31.2 Å². The topological polar surface area (TPSA) is 40.8 Å². The van der Waals surface area contributed by atoms with Gasteiger partial charge in [0, 0.05) is 30.1 Å². The highest BCUT2D eigenvalue weighted by Crippen LogP contribution is 2.27. The molecule has 1 aliphatic heterocycles. The van der Waals surface area contributed by atoms with Gasteiger partial charge in [0.2, 0.25) is 11.6 Å². The molecule has 0 radical (unpaired) electrons. The maximum absolute atomic E-state index is 13.4. The Labute approximate surface area is 133 Å². The van der Waals surface area contributed by atoms with E-state index in [0.29, 0.717) is 5.95 Å². The molecule has 1 N–H and O–H groups in total. The van der Waals surface area contributed by atoms with Gasteiger partial charge in [-0.15, -0.1) is 0 Å². The Kier molecular flexibility index (Phi) is 3.08. The van der Waals surface area contributed by atoms with Crippen LogP contribution in [0, 0.1) is 12.7 Å². The molecule has 0 spiro atoms. The number of fused-ring (bicyclic) bond motifs is 2. The van der Waals surface area contributed by atoms with E-state index < -0.39 is 0 Å². The molecule has 4 nitrogen and oxygen atoms in total. The Hall–Kier alpha value is -2.82. The second-order valence-electron chi connectivity index (χ2n) is 5.68. The van der Waals surface area contributed by atoms with Crippen molar-refractivity contribution in [3.63, 3.8) is 0 Å². The Morgan fingerprint density at radius 3 is 2.83 bits per heavy atom. The fourth-order valence-corrected chi connectivity index (χ4v) is 2.95. The highest BCUT2D eigenvalue weighted by molar-refractivity contribution is 5.85. The van der Waals surface area contributed by atoms with Crippen LogP contribution in [0.1, 0.15) is 16.8 Å². The summed E-state index contributed by atoms with van der Waals surface area (Å²) in [6, 6.07) is 11.0. The average Bonchev–Trinajstić information content (AvgIpc) is 2.97. The SMILES string of the molecule is CNc1nc(C)c2cc([N+]3=Cc4cc(F)ccc4C3)ccc2n1. The summed E-state index contributed by atoms with van der Waals surface area (Å²) in [5, 5.41) is 4.00. The van der Waals surface area contributed by atoms with Crippen LogP contribution in [0.5, 0.6) is 0 Å². The van der Waals surface area contributed by atoms with Gasteiger partial charge in [-0.3, -0.25) is 0 Å². The molecule has 0 saturated carbocycles. The van der Waals surface area contributed by atoms with Crippen molar-refractivity contribution in [3.05, 3.63) is 59.0 Å². The molecule has 0 bridgehead atoms. The van der Waals surface area contributed by atoms with Gasteiger partial charge in [-0.25, -0.2) is 14.4 Å². The van der Waals surface area contributed by atoms with Crippen LogP contribution in [-0.2, 0) is 6.54 Å². The molecule has 0 fully saturated rings. The summed E-state index contributed by atoms with van der Waals surface area (Å²) in [6.07, 6.45) is 1.98. The number of anilines is 1. The maximum atomic E-state index is 13.4. The van der Waals surface area contributed by atoms with Crippen LogP contribution < -0.4 is 5.32 Å². The summed E-state index contributed by atoms with van der Waals surface area (Å²) in [5.74, 6) is 0.419. The van der Waals surface area contributed by atoms with Gasteiger partial charge in [-0.1, -0.05) is 0 Å². The first-order valence-corrected chi connectivity index (χ1v) is 7.50. The summed E-state index contributed by atoms with van der Waals surface area (Å²) in [5.41, 5.74) is 4.96. The van der Waals surface area contributed by atoms with Crippen molar-refractivity contribution in [3.8, 4) is 0 Å². The first-order valence-electron chi connectivity index (χ1n) is 7.50. The highest BCUT2D eigenvalue weighted by Gasteiger charge is 2.22. The summed E-state index contributed by atoms with van der Waals surface area (Å²) < 4.78 is 15.5. The third kappa shape index (κ3) is 2.34. The molecule has 3 aromatic rings. The Morgan fingerprint density at radius 1 is 1.13 bits per heavy atom. The zero-order chi connectivity index (χ0) is 16.0. The molecular weight excluding hydrogens is 291 g/mol. The molecule has 0 unspecified atom stereocenters. The third-order valence-electron chi connectivity index (χ3n) is 4.17. The average molecular weight is 307 g/mol. The predicted molar refractivity (Wildman–Crippen MR) is 89.0 cm³/mol. The molecule has 5 heteroatoms. The van der Waals surface area contributed by atoms with Crippen molar-refractivity contribution in [1.29, 1.82) is 0 Å². The molecule has 2 heterocycles. The van der Waals surface area contributed by atoms with Crippen molar-refractivity contribution in [2.24, 2.45) is 0 Å². The first kappa shape index (κ1) is 13.8. The summed E-state index contributed by atoms with van der Waals surface area (Å²) >= 11 is 0. The quantitative estimate of drug-likeness (QED) is 0.738. The lowest BCUT2D eigenvalue weighted by Gasteiger charge is -2.05. The minimum Gasteiger partial charge on any atom is -0.357 e. The standard InChI is InChI=1S/C18H16FN4/c1-11-16-8-15(5-6-17(16)22-18(20-2)21-11)23-9-12-3-4-14(19)7-13(12)10-23/h3-8,10H,9H2,1-2H3,(H,20,21,22)/q+1. The number of hydrogen-bond acceptors (Lipinski definition) is 3. The van der Waals surface area contributed by atoms with Crippen LogP contribution in [0.15, 0.2) is 36.4 Å². The van der Waals surface area contributed by atoms with E-state index in [0.717, 1.165) is 40.0 Å². The molecule has 1 aliphatic rings. The van der Waals surface area contributed by atoms with E-state index in [4.69, 9.17) is 0 Å². The third-order valence-corrected chi connectivity index (χ3v) is 4.17. The van der Waals surface area contributed by atoms with E-state index in [1.165, 1.54) is 6.07 Å². The maximum Gasteiger partial charge on any atom is 0.223 e. The Balaban J connectivity index is 1.79. The van der Waals surface area contributed by atoms with Crippen molar-refractivity contribution in [2.75, 3.05) is 12.4 Å². The van der Waals surface area contributed by atoms with Gasteiger partial charge < -0.3 is 5.32 Å². The number of halogens is 1. The van der Waals surface area contributed by atoms with Gasteiger partial charge >= 0.3 is 0 Å². The van der Waals surface area contributed by atoms with Crippen LogP contribution in [0.4, 0.5) is 16.0 Å². The van der Waals surface area contributed by atoms with E-state index in [-0.39, 0.29) is 5.82 Å². The molecule has 23 heavy (non-hydrogen) atoms. The van der Waals surface area contributed by atoms with Gasteiger partial charge in [0.25, 0.3) is 0 Å². The molecule has 0 aliphatic carbocycles. The van der Waals surface area contributed by atoms with Crippen LogP contribution in [0.2, 0.25) is 0 Å². The van der Waals surface area contributed by atoms with Gasteiger partial charge in [0.05, 0.1) is 16.8 Å². The molecule has 2 aromatic carbocycles. The second-order valence-corrected chi connectivity index (χ2v) is 5.68. The van der Waals surface area contributed by atoms with Crippen molar-refractivity contribution >= 4 is 28.8 Å². The van der Waals surface area contributed by atoms with Gasteiger partial charge in [0.1, 0.15) is 5.82 Å². The molecular formula is C18H16FN4+. The van der Waals surface area contributed by atoms with Crippen LogP contribution in [0.25, 0.3) is 10.9 Å². The molecule has 0 atom stereocenters. The summed E-state index contributed by atoms with van der Waals surface area (Å²) in [7, 11) is 1.81. The Morgan fingerprint density at radius 2 is 2.00 bits per heavy atom. The second kappa shape index (κ2) is 5.12. The van der Waals surface area contributed by atoms with Crippen LogP contribution >= 0.6 is 0 Å². The number of aromatic nitrogens is 2. The largest absolute Gasteiger partial charge is 0.357 e. The first-order chi connectivity index (χ1) is 11.1. The van der Waals surface area contributed by atoms with Crippen molar-refractivity contribution in [1.82, 2.24) is 9.97 Å². The molecule has 0 amide bonds. The normalized spacial score (nSPS) is 13.1. The smallest absolute Gasteiger partial charge is 0.223 e. The van der Waals surface area contributed by atoms with E-state index in [9.17, 15) is 4.39 Å². The fraction of sp³-hybridized carbons (Fsp3) is 0.167. The number of rotatable bonds is 2. The van der Waals surface area contributed by atoms with Crippen molar-refractivity contribution < 1.29 is 8.97 Å². The van der Waals surface area contributed by atoms with E-state index >= 15 is 0 Å². The lowest BCUT2D eigenvalue weighted by atomic mass is 10.1. The number of hydrogen-bond donors (Lipinski definition) is 1. The van der Waals surface area contributed by atoms with Gasteiger partial charge in [-0.2, -0.15) is 4.58 Å². The lowest BCUT2D eigenvalue weighted by Crippen LogP contribution is -2.02. The monoisotopic (exact) mass is 307 g/mol. The van der Waals surface area contributed by atoms with Crippen LogP contribution in [-0.4, -0.2) is 27.8 Å². The number of nitrogens with one attached hydrogen (secondary N) is 1. The molecule has 1 aromatic heterocycles. The van der Waals surface area contributed by atoms with Crippen LogP contribution in [0.3, 0.4) is 0 Å². The van der Waals surface area contributed by atoms with Crippen molar-refractivity contribution in [2.45, 2.75) is 13.5 Å². The molecule has 4 rings (SSSR count). The summed E-state index contributed by atoms with van der Waals surface area (Å²) in [4.78, 5) is 8.91. The van der Waals surface area contributed by atoms with Gasteiger partial charge in [0.15, 0.2) is 12.8 Å². The fourth-order valence-electron chi connectivity index (χ4n) is 2.95.